The third kappa shape index (κ3) is 7.44. The molecule has 0 aromatic heterocycles. The maximum absolute atomic E-state index is 13.0. The quantitative estimate of drug-likeness (QED) is 0.624. The van der Waals surface area contributed by atoms with E-state index in [1.165, 1.54) is 19.1 Å². The second-order valence-corrected chi connectivity index (χ2v) is 6.93. The molecule has 6 nitrogen and oxygen atoms in total. The molecule has 0 aliphatic carbocycles. The number of ether oxygens (including phenoxy) is 1. The zero-order chi connectivity index (χ0) is 23.0. The van der Waals surface area contributed by atoms with Gasteiger partial charge in [0.25, 0.3) is 0 Å². The highest BCUT2D eigenvalue weighted by Gasteiger charge is 2.31. The van der Waals surface area contributed by atoms with Gasteiger partial charge in [-0.3, -0.25) is 9.59 Å². The highest BCUT2D eigenvalue weighted by molar-refractivity contribution is 5.90. The molecular formula is C22H23F3N2O4. The summed E-state index contributed by atoms with van der Waals surface area (Å²) < 4.78 is 43.6. The molecule has 0 saturated carbocycles. The van der Waals surface area contributed by atoms with E-state index in [4.69, 9.17) is 4.74 Å². The number of hydrogen-bond donors (Lipinski definition) is 2. The standard InChI is InChI=1S/C22H23F3N2O4/c1-14(28)26-18(12-15-7-4-3-5-8-15)20(29)27-19(21(30)31-2)13-16-9-6-10-17(11-16)22(23,24)25/h3-11,18-19H,12-13H2,1-2H3,(H,26,28)(H,27,29)/t18-,19+/m1/s1. The molecule has 166 valence electrons. The third-order valence-electron chi connectivity index (χ3n) is 4.47. The van der Waals surface area contributed by atoms with Crippen molar-refractivity contribution in [3.05, 3.63) is 71.3 Å². The van der Waals surface area contributed by atoms with Crippen LogP contribution in [0, 0.1) is 0 Å². The fraction of sp³-hybridized carbons (Fsp3) is 0.318. The van der Waals surface area contributed by atoms with E-state index in [-0.39, 0.29) is 18.4 Å². The van der Waals surface area contributed by atoms with Crippen molar-refractivity contribution in [2.24, 2.45) is 0 Å². The molecule has 2 aromatic rings. The molecule has 2 atom stereocenters. The molecule has 0 unspecified atom stereocenters. The Hall–Kier alpha value is -3.36. The van der Waals surface area contributed by atoms with Crippen LogP contribution >= 0.6 is 0 Å². The minimum absolute atomic E-state index is 0.170. The summed E-state index contributed by atoms with van der Waals surface area (Å²) in [5, 5.41) is 5.02. The minimum atomic E-state index is -4.54. The molecule has 0 heterocycles. The van der Waals surface area contributed by atoms with Crippen LogP contribution < -0.4 is 10.6 Å². The molecular weight excluding hydrogens is 413 g/mol. The fourth-order valence-corrected chi connectivity index (χ4v) is 3.02. The summed E-state index contributed by atoms with van der Waals surface area (Å²) in [5.41, 5.74) is 0.119. The van der Waals surface area contributed by atoms with Crippen molar-refractivity contribution >= 4 is 17.8 Å². The normalized spacial score (nSPS) is 13.1. The summed E-state index contributed by atoms with van der Waals surface area (Å²) >= 11 is 0. The molecule has 9 heteroatoms. The second-order valence-electron chi connectivity index (χ2n) is 6.93. The van der Waals surface area contributed by atoms with Gasteiger partial charge < -0.3 is 15.4 Å². The van der Waals surface area contributed by atoms with Gasteiger partial charge in [0.05, 0.1) is 12.7 Å². The number of hydrogen-bond acceptors (Lipinski definition) is 4. The van der Waals surface area contributed by atoms with Gasteiger partial charge in [-0.05, 0) is 17.2 Å². The number of methoxy groups -OCH3 is 1. The number of amides is 2. The number of nitrogens with one attached hydrogen (secondary N) is 2. The summed E-state index contributed by atoms with van der Waals surface area (Å²) in [6.45, 7) is 1.26. The molecule has 0 aliphatic heterocycles. The molecule has 0 fully saturated rings. The molecule has 2 rings (SSSR count). The molecule has 0 bridgehead atoms. The predicted octanol–water partition coefficient (Wildman–Crippen LogP) is 2.65. The second kappa shape index (κ2) is 10.6. The van der Waals surface area contributed by atoms with Crippen LogP contribution in [0.2, 0.25) is 0 Å². The zero-order valence-electron chi connectivity index (χ0n) is 17.0. The Bertz CT molecular complexity index is 916. The van der Waals surface area contributed by atoms with E-state index >= 15 is 0 Å². The van der Waals surface area contributed by atoms with Crippen LogP contribution in [0.4, 0.5) is 13.2 Å². The van der Waals surface area contributed by atoms with Gasteiger partial charge in [-0.25, -0.2) is 4.79 Å². The third-order valence-corrected chi connectivity index (χ3v) is 4.47. The van der Waals surface area contributed by atoms with Crippen molar-refractivity contribution in [2.75, 3.05) is 7.11 Å². The molecule has 2 aromatic carbocycles. The average molecular weight is 436 g/mol. The molecule has 2 amide bonds. The molecule has 31 heavy (non-hydrogen) atoms. The lowest BCUT2D eigenvalue weighted by Crippen LogP contribution is -2.53. The van der Waals surface area contributed by atoms with Crippen LogP contribution in [0.3, 0.4) is 0 Å². The van der Waals surface area contributed by atoms with Crippen LogP contribution in [-0.2, 0) is 38.1 Å². The Morgan fingerprint density at radius 1 is 0.903 bits per heavy atom. The lowest BCUT2D eigenvalue weighted by atomic mass is 10.0. The SMILES string of the molecule is COC(=O)[C@H](Cc1cccc(C(F)(F)F)c1)NC(=O)[C@@H](Cc1ccccc1)NC(C)=O. The number of benzene rings is 2. The van der Waals surface area contributed by atoms with Gasteiger partial charge in [-0.2, -0.15) is 13.2 Å². The number of carbonyl (C=O) groups is 3. The van der Waals surface area contributed by atoms with E-state index in [2.05, 4.69) is 10.6 Å². The van der Waals surface area contributed by atoms with E-state index in [0.717, 1.165) is 24.8 Å². The number of esters is 1. The topological polar surface area (TPSA) is 84.5 Å². The first-order valence-electron chi connectivity index (χ1n) is 9.45. The van der Waals surface area contributed by atoms with Gasteiger partial charge in [0.15, 0.2) is 0 Å². The molecule has 0 aliphatic rings. The van der Waals surface area contributed by atoms with Gasteiger partial charge in [0.1, 0.15) is 12.1 Å². The van der Waals surface area contributed by atoms with E-state index in [1.807, 2.05) is 0 Å². The Balaban J connectivity index is 2.20. The zero-order valence-corrected chi connectivity index (χ0v) is 17.0. The van der Waals surface area contributed by atoms with Crippen LogP contribution in [-0.4, -0.2) is 37.0 Å². The molecule has 0 spiro atoms. The summed E-state index contributed by atoms with van der Waals surface area (Å²) in [7, 11) is 1.11. The van der Waals surface area contributed by atoms with E-state index < -0.39 is 41.6 Å². The van der Waals surface area contributed by atoms with Crippen molar-refractivity contribution < 1.29 is 32.3 Å². The van der Waals surface area contributed by atoms with Crippen molar-refractivity contribution in [2.45, 2.75) is 38.0 Å². The van der Waals surface area contributed by atoms with E-state index in [9.17, 15) is 27.6 Å². The molecule has 2 N–H and O–H groups in total. The van der Waals surface area contributed by atoms with Crippen molar-refractivity contribution in [3.63, 3.8) is 0 Å². The van der Waals surface area contributed by atoms with Crippen molar-refractivity contribution in [1.29, 1.82) is 0 Å². The highest BCUT2D eigenvalue weighted by Crippen LogP contribution is 2.29. The average Bonchev–Trinajstić information content (AvgIpc) is 2.72. The molecule has 0 saturated heterocycles. The number of halogens is 3. The minimum Gasteiger partial charge on any atom is -0.467 e. The van der Waals surface area contributed by atoms with Gasteiger partial charge in [0, 0.05) is 19.8 Å². The highest BCUT2D eigenvalue weighted by atomic mass is 19.4. The van der Waals surface area contributed by atoms with Crippen LogP contribution in [0.15, 0.2) is 54.6 Å². The maximum atomic E-state index is 13.0. The Morgan fingerprint density at radius 3 is 2.10 bits per heavy atom. The fourth-order valence-electron chi connectivity index (χ4n) is 3.02. The van der Waals surface area contributed by atoms with Gasteiger partial charge in [-0.1, -0.05) is 48.5 Å². The van der Waals surface area contributed by atoms with Crippen molar-refractivity contribution in [3.8, 4) is 0 Å². The lowest BCUT2D eigenvalue weighted by Gasteiger charge is -2.22. The number of rotatable bonds is 8. The monoisotopic (exact) mass is 436 g/mol. The summed E-state index contributed by atoms with van der Waals surface area (Å²) in [6, 6.07) is 11.2. The van der Waals surface area contributed by atoms with Gasteiger partial charge >= 0.3 is 12.1 Å². The molecule has 0 radical (unpaired) electrons. The smallest absolute Gasteiger partial charge is 0.416 e. The lowest BCUT2D eigenvalue weighted by molar-refractivity contribution is -0.145. The van der Waals surface area contributed by atoms with Crippen LogP contribution in [0.25, 0.3) is 0 Å². The van der Waals surface area contributed by atoms with Crippen LogP contribution in [0.5, 0.6) is 0 Å². The summed E-state index contributed by atoms with van der Waals surface area (Å²) in [4.78, 5) is 36.6. The van der Waals surface area contributed by atoms with E-state index in [0.29, 0.717) is 0 Å². The van der Waals surface area contributed by atoms with Gasteiger partial charge in [-0.15, -0.1) is 0 Å². The van der Waals surface area contributed by atoms with Crippen molar-refractivity contribution in [1.82, 2.24) is 10.6 Å². The largest absolute Gasteiger partial charge is 0.467 e. The first-order chi connectivity index (χ1) is 14.6. The summed E-state index contributed by atoms with van der Waals surface area (Å²) in [6.07, 6.45) is -4.57. The summed E-state index contributed by atoms with van der Waals surface area (Å²) in [5.74, 6) is -1.91. The van der Waals surface area contributed by atoms with Crippen LogP contribution in [0.1, 0.15) is 23.6 Å². The van der Waals surface area contributed by atoms with E-state index in [1.54, 1.807) is 30.3 Å². The Morgan fingerprint density at radius 2 is 1.52 bits per heavy atom. The first-order valence-corrected chi connectivity index (χ1v) is 9.45. The first kappa shape index (κ1) is 23.9. The van der Waals surface area contributed by atoms with Gasteiger partial charge in [0.2, 0.25) is 11.8 Å². The maximum Gasteiger partial charge on any atom is 0.416 e. The number of alkyl halides is 3. The predicted molar refractivity (Wildman–Crippen MR) is 107 cm³/mol. The Kier molecular flexibility index (Phi) is 8.18. The number of carbonyl (C=O) groups excluding carboxylic acids is 3. The Labute approximate surface area is 177 Å².